The van der Waals surface area contributed by atoms with Crippen LogP contribution in [-0.4, -0.2) is 23.8 Å². The van der Waals surface area contributed by atoms with Gasteiger partial charge in [-0.1, -0.05) is 48.5 Å². The van der Waals surface area contributed by atoms with Crippen molar-refractivity contribution in [2.75, 3.05) is 11.9 Å². The number of carbonyl (C=O) groups excluding carboxylic acids is 1. The highest BCUT2D eigenvalue weighted by atomic mass is 19.4. The zero-order chi connectivity index (χ0) is 17.6. The number of aliphatic hydroxyl groups is 1. The number of rotatable bonds is 6. The van der Waals surface area contributed by atoms with Gasteiger partial charge in [0.05, 0.1) is 11.8 Å². The smallest absolute Gasteiger partial charge is 0.390 e. The maximum Gasteiger partial charge on any atom is 0.390 e. The van der Waals surface area contributed by atoms with Gasteiger partial charge in [0.25, 0.3) is 0 Å². The molecule has 0 aliphatic heterocycles. The van der Waals surface area contributed by atoms with Crippen LogP contribution in [-0.2, 0) is 10.2 Å². The summed E-state index contributed by atoms with van der Waals surface area (Å²) in [5.41, 5.74) is -1.25. The van der Waals surface area contributed by atoms with Crippen molar-refractivity contribution >= 4 is 11.6 Å². The summed E-state index contributed by atoms with van der Waals surface area (Å²) in [4.78, 5) is 12.8. The molecule has 128 valence electrons. The molecule has 2 N–H and O–H groups in total. The average molecular weight is 337 g/mol. The van der Waals surface area contributed by atoms with Crippen LogP contribution in [0.25, 0.3) is 0 Å². The molecule has 3 nitrogen and oxygen atoms in total. The zero-order valence-corrected chi connectivity index (χ0v) is 12.9. The van der Waals surface area contributed by atoms with Gasteiger partial charge in [0.2, 0.25) is 5.91 Å². The Morgan fingerprint density at radius 1 is 0.958 bits per heavy atom. The van der Waals surface area contributed by atoms with Crippen LogP contribution in [0, 0.1) is 0 Å². The van der Waals surface area contributed by atoms with Crippen molar-refractivity contribution in [2.24, 2.45) is 0 Å². The number of hydrogen-bond donors (Lipinski definition) is 2. The van der Waals surface area contributed by atoms with E-state index in [1.54, 1.807) is 48.5 Å². The number of alkyl halides is 3. The van der Waals surface area contributed by atoms with E-state index in [1.807, 2.05) is 0 Å². The summed E-state index contributed by atoms with van der Waals surface area (Å²) < 4.78 is 39.6. The van der Waals surface area contributed by atoms with E-state index in [-0.39, 0.29) is 12.0 Å². The summed E-state index contributed by atoms with van der Waals surface area (Å²) in [6.07, 6.45) is -6.22. The highest BCUT2D eigenvalue weighted by Crippen LogP contribution is 2.40. The highest BCUT2D eigenvalue weighted by Gasteiger charge is 2.48. The van der Waals surface area contributed by atoms with Crippen molar-refractivity contribution in [1.29, 1.82) is 0 Å². The minimum absolute atomic E-state index is 0.227. The standard InChI is InChI=1S/C18H18F3NO2/c19-18(20,21)13-17(11-12-23,14-7-3-1-4-8-14)16(24)22-15-9-5-2-6-10-15/h1-10,23H,11-13H2,(H,22,24)/t17-/m0/s1. The Hall–Kier alpha value is -2.34. The second-order valence-corrected chi connectivity index (χ2v) is 5.53. The first kappa shape index (κ1) is 18.0. The van der Waals surface area contributed by atoms with Crippen molar-refractivity contribution in [3.63, 3.8) is 0 Å². The van der Waals surface area contributed by atoms with Gasteiger partial charge in [0, 0.05) is 12.3 Å². The minimum Gasteiger partial charge on any atom is -0.396 e. The van der Waals surface area contributed by atoms with Gasteiger partial charge in [-0.3, -0.25) is 4.79 Å². The molecule has 0 saturated heterocycles. The van der Waals surface area contributed by atoms with Crippen molar-refractivity contribution < 1.29 is 23.1 Å². The quantitative estimate of drug-likeness (QED) is 0.840. The lowest BCUT2D eigenvalue weighted by molar-refractivity contribution is -0.157. The molecule has 2 rings (SSSR count). The molecule has 6 heteroatoms. The van der Waals surface area contributed by atoms with Crippen molar-refractivity contribution in [1.82, 2.24) is 0 Å². The normalized spacial score (nSPS) is 14.0. The van der Waals surface area contributed by atoms with Crippen LogP contribution in [0.2, 0.25) is 0 Å². The lowest BCUT2D eigenvalue weighted by Gasteiger charge is -2.33. The molecule has 0 saturated carbocycles. The van der Waals surface area contributed by atoms with Gasteiger partial charge in [-0.05, 0) is 24.1 Å². The topological polar surface area (TPSA) is 49.3 Å². The summed E-state index contributed by atoms with van der Waals surface area (Å²) in [5.74, 6) is -0.786. The van der Waals surface area contributed by atoms with E-state index in [0.29, 0.717) is 5.69 Å². The Labute approximate surface area is 138 Å². The van der Waals surface area contributed by atoms with Crippen LogP contribution >= 0.6 is 0 Å². The molecular formula is C18H18F3NO2. The first-order valence-electron chi connectivity index (χ1n) is 7.47. The number of nitrogens with one attached hydrogen (secondary N) is 1. The average Bonchev–Trinajstić information content (AvgIpc) is 2.55. The molecule has 0 radical (unpaired) electrons. The van der Waals surface area contributed by atoms with Crippen molar-refractivity contribution in [3.05, 3.63) is 66.2 Å². The van der Waals surface area contributed by atoms with E-state index in [1.165, 1.54) is 12.1 Å². The lowest BCUT2D eigenvalue weighted by Crippen LogP contribution is -2.44. The van der Waals surface area contributed by atoms with Gasteiger partial charge < -0.3 is 10.4 Å². The van der Waals surface area contributed by atoms with E-state index >= 15 is 0 Å². The van der Waals surface area contributed by atoms with E-state index in [2.05, 4.69) is 5.32 Å². The summed E-state index contributed by atoms with van der Waals surface area (Å²) in [5, 5.41) is 11.9. The molecule has 0 unspecified atom stereocenters. The van der Waals surface area contributed by atoms with Crippen molar-refractivity contribution in [2.45, 2.75) is 24.4 Å². The monoisotopic (exact) mass is 337 g/mol. The lowest BCUT2D eigenvalue weighted by atomic mass is 9.73. The maximum atomic E-state index is 13.2. The molecule has 0 aliphatic carbocycles. The molecule has 2 aromatic rings. The fourth-order valence-electron chi connectivity index (χ4n) is 2.72. The maximum absolute atomic E-state index is 13.2. The second kappa shape index (κ2) is 7.49. The summed E-state index contributed by atoms with van der Waals surface area (Å²) in [7, 11) is 0. The number of hydrogen-bond acceptors (Lipinski definition) is 2. The minimum atomic E-state index is -4.56. The largest absolute Gasteiger partial charge is 0.396 e. The van der Waals surface area contributed by atoms with Crippen LogP contribution < -0.4 is 5.32 Å². The number of halogens is 3. The zero-order valence-electron chi connectivity index (χ0n) is 12.9. The molecule has 0 aliphatic rings. The van der Waals surface area contributed by atoms with Crippen LogP contribution in [0.15, 0.2) is 60.7 Å². The molecule has 1 amide bonds. The highest BCUT2D eigenvalue weighted by molar-refractivity contribution is 5.99. The van der Waals surface area contributed by atoms with Gasteiger partial charge in [0.15, 0.2) is 0 Å². The predicted octanol–water partition coefficient (Wildman–Crippen LogP) is 3.90. The summed E-state index contributed by atoms with van der Waals surface area (Å²) >= 11 is 0. The van der Waals surface area contributed by atoms with Crippen LogP contribution in [0.1, 0.15) is 18.4 Å². The molecule has 0 aromatic heterocycles. The van der Waals surface area contributed by atoms with Crippen LogP contribution in [0.5, 0.6) is 0 Å². The van der Waals surface area contributed by atoms with E-state index in [0.717, 1.165) is 0 Å². The van der Waals surface area contributed by atoms with Crippen molar-refractivity contribution in [3.8, 4) is 0 Å². The van der Waals surface area contributed by atoms with E-state index in [4.69, 9.17) is 0 Å². The third-order valence-corrected chi connectivity index (χ3v) is 3.83. The molecule has 2 aromatic carbocycles. The Balaban J connectivity index is 2.45. The Kier molecular flexibility index (Phi) is 5.62. The Morgan fingerprint density at radius 2 is 1.50 bits per heavy atom. The summed E-state index contributed by atoms with van der Waals surface area (Å²) in [6, 6.07) is 16.1. The van der Waals surface area contributed by atoms with Gasteiger partial charge in [-0.15, -0.1) is 0 Å². The molecule has 0 spiro atoms. The second-order valence-electron chi connectivity index (χ2n) is 5.53. The van der Waals surface area contributed by atoms with Gasteiger partial charge in [0.1, 0.15) is 0 Å². The number of benzene rings is 2. The first-order chi connectivity index (χ1) is 11.4. The predicted molar refractivity (Wildman–Crippen MR) is 85.6 cm³/mol. The Morgan fingerprint density at radius 3 is 2.00 bits per heavy atom. The first-order valence-corrected chi connectivity index (χ1v) is 7.47. The van der Waals surface area contributed by atoms with Gasteiger partial charge in [-0.2, -0.15) is 13.2 Å². The Bertz CT molecular complexity index is 659. The number of para-hydroxylation sites is 1. The molecule has 0 bridgehead atoms. The number of aliphatic hydroxyl groups excluding tert-OH is 1. The third-order valence-electron chi connectivity index (χ3n) is 3.83. The summed E-state index contributed by atoms with van der Waals surface area (Å²) in [6.45, 7) is -0.535. The fraction of sp³-hybridized carbons (Fsp3) is 0.278. The fourth-order valence-corrected chi connectivity index (χ4v) is 2.72. The van der Waals surface area contributed by atoms with Gasteiger partial charge >= 0.3 is 6.18 Å². The number of amides is 1. The van der Waals surface area contributed by atoms with E-state index < -0.39 is 30.5 Å². The molecule has 0 fully saturated rings. The molecule has 24 heavy (non-hydrogen) atoms. The number of carbonyl (C=O) groups is 1. The SMILES string of the molecule is O=C(Nc1ccccc1)[C@@](CCO)(CC(F)(F)F)c1ccccc1. The third kappa shape index (κ3) is 4.35. The van der Waals surface area contributed by atoms with Crippen LogP contribution in [0.3, 0.4) is 0 Å². The van der Waals surface area contributed by atoms with Gasteiger partial charge in [-0.25, -0.2) is 0 Å². The van der Waals surface area contributed by atoms with Crippen LogP contribution in [0.4, 0.5) is 18.9 Å². The van der Waals surface area contributed by atoms with E-state index in [9.17, 15) is 23.1 Å². The molecular weight excluding hydrogens is 319 g/mol. The molecule has 0 heterocycles. The molecule has 1 atom stereocenters. The number of anilines is 1.